The summed E-state index contributed by atoms with van der Waals surface area (Å²) in [5.74, 6) is -1.76. The van der Waals surface area contributed by atoms with Gasteiger partial charge in [0, 0.05) is 17.3 Å². The average molecular weight is 434 g/mol. The van der Waals surface area contributed by atoms with Gasteiger partial charge in [-0.1, -0.05) is 60.3 Å². The topological polar surface area (TPSA) is 91.5 Å². The number of carbonyl (C=O) groups excluding carboxylic acids is 2. The van der Waals surface area contributed by atoms with Crippen molar-refractivity contribution in [3.63, 3.8) is 0 Å². The minimum absolute atomic E-state index is 0.0371. The molecular formula is C24H23N3O3S. The largest absolute Gasteiger partial charge is 0.468 e. The second kappa shape index (κ2) is 10.1. The zero-order valence-electron chi connectivity index (χ0n) is 17.6. The summed E-state index contributed by atoms with van der Waals surface area (Å²) in [5, 5.41) is 13.4. The van der Waals surface area contributed by atoms with Gasteiger partial charge in [-0.05, 0) is 31.0 Å². The normalized spacial score (nSPS) is 18.1. The first kappa shape index (κ1) is 22.3. The van der Waals surface area contributed by atoms with Gasteiger partial charge in [-0.25, -0.2) is 4.99 Å². The van der Waals surface area contributed by atoms with Crippen LogP contribution in [-0.4, -0.2) is 30.5 Å². The number of carbonyl (C=O) groups is 2. The van der Waals surface area contributed by atoms with Crippen molar-refractivity contribution >= 4 is 35.0 Å². The molecule has 1 heterocycles. The van der Waals surface area contributed by atoms with Crippen molar-refractivity contribution in [2.45, 2.75) is 19.8 Å². The Labute approximate surface area is 186 Å². The molecule has 1 amide bonds. The molecule has 1 aliphatic heterocycles. The molecule has 0 radical (unpaired) electrons. The number of para-hydroxylation sites is 1. The summed E-state index contributed by atoms with van der Waals surface area (Å²) < 4.78 is 4.71. The molecule has 0 spiro atoms. The van der Waals surface area contributed by atoms with Crippen molar-refractivity contribution in [3.05, 3.63) is 76.3 Å². The lowest BCUT2D eigenvalue weighted by molar-refractivity contribution is -0.137. The molecule has 0 aromatic heterocycles. The molecule has 0 aliphatic carbocycles. The van der Waals surface area contributed by atoms with E-state index in [1.807, 2.05) is 61.5 Å². The van der Waals surface area contributed by atoms with Gasteiger partial charge in [-0.2, -0.15) is 5.26 Å². The molecule has 0 bridgehead atoms. The van der Waals surface area contributed by atoms with Gasteiger partial charge in [0.1, 0.15) is 5.03 Å². The summed E-state index contributed by atoms with van der Waals surface area (Å²) in [5.41, 5.74) is 3.47. The van der Waals surface area contributed by atoms with Gasteiger partial charge < -0.3 is 10.1 Å². The van der Waals surface area contributed by atoms with Crippen molar-refractivity contribution in [1.29, 1.82) is 5.26 Å². The molecule has 7 heteroatoms. The maximum absolute atomic E-state index is 13.4. The highest BCUT2D eigenvalue weighted by Gasteiger charge is 2.39. The van der Waals surface area contributed by atoms with Crippen LogP contribution < -0.4 is 5.32 Å². The van der Waals surface area contributed by atoms with E-state index in [1.165, 1.54) is 7.11 Å². The van der Waals surface area contributed by atoms with E-state index in [1.54, 1.807) is 6.92 Å². The SMILES string of the molecule is COC(=O)CSC1=C(C#N)[C@@H](c2ccccc2)C(C(=O)Nc2ccccc2C)C(C)=N1. The van der Waals surface area contributed by atoms with Gasteiger partial charge in [0.15, 0.2) is 0 Å². The van der Waals surface area contributed by atoms with Gasteiger partial charge >= 0.3 is 5.97 Å². The molecule has 0 saturated carbocycles. The molecule has 3 rings (SSSR count). The van der Waals surface area contributed by atoms with Crippen LogP contribution in [0.1, 0.15) is 24.0 Å². The zero-order chi connectivity index (χ0) is 22.4. The third-order valence-corrected chi connectivity index (χ3v) is 6.09. The molecule has 0 fully saturated rings. The predicted molar refractivity (Wildman–Crippen MR) is 123 cm³/mol. The second-order valence-electron chi connectivity index (χ2n) is 7.12. The summed E-state index contributed by atoms with van der Waals surface area (Å²) in [4.78, 5) is 29.6. The highest BCUT2D eigenvalue weighted by molar-refractivity contribution is 8.03. The van der Waals surface area contributed by atoms with Crippen LogP contribution in [-0.2, 0) is 14.3 Å². The van der Waals surface area contributed by atoms with Crippen LogP contribution in [0.5, 0.6) is 0 Å². The number of hydrogen-bond donors (Lipinski definition) is 1. The lowest BCUT2D eigenvalue weighted by Gasteiger charge is -2.31. The van der Waals surface area contributed by atoms with E-state index < -0.39 is 17.8 Å². The standard InChI is InChI=1S/C24H23N3O3S/c1-15-9-7-8-12-19(15)27-23(29)21-16(2)26-24(31-14-20(28)30-3)18(13-25)22(21)17-10-5-4-6-11-17/h4-12,21-22H,14H2,1-3H3,(H,27,29)/t21?,22-/m1/s1. The number of thioether (sulfide) groups is 1. The van der Waals surface area contributed by atoms with Crippen molar-refractivity contribution in [1.82, 2.24) is 0 Å². The zero-order valence-corrected chi connectivity index (χ0v) is 18.4. The number of nitrogens with zero attached hydrogens (tertiary/aromatic N) is 2. The van der Waals surface area contributed by atoms with Crippen LogP contribution in [0.3, 0.4) is 0 Å². The van der Waals surface area contributed by atoms with Crippen molar-refractivity contribution in [2.75, 3.05) is 18.2 Å². The number of allylic oxidation sites excluding steroid dienone is 1. The fourth-order valence-corrected chi connectivity index (χ4v) is 4.44. The monoisotopic (exact) mass is 433 g/mol. The maximum Gasteiger partial charge on any atom is 0.316 e. The molecule has 158 valence electrons. The first-order valence-corrected chi connectivity index (χ1v) is 10.7. The van der Waals surface area contributed by atoms with Gasteiger partial charge in [0.05, 0.1) is 30.4 Å². The lowest BCUT2D eigenvalue weighted by atomic mass is 9.77. The third kappa shape index (κ3) is 5.04. The number of methoxy groups -OCH3 is 1. The molecule has 0 saturated heterocycles. The Hall–Kier alpha value is -3.37. The van der Waals surface area contributed by atoms with Crippen LogP contribution in [0, 0.1) is 24.2 Å². The number of anilines is 1. The van der Waals surface area contributed by atoms with Crippen LogP contribution >= 0.6 is 11.8 Å². The van der Waals surface area contributed by atoms with Crippen molar-refractivity contribution in [3.8, 4) is 6.07 Å². The third-order valence-electron chi connectivity index (χ3n) is 5.12. The summed E-state index contributed by atoms with van der Waals surface area (Å²) in [7, 11) is 1.32. The van der Waals surface area contributed by atoms with Gasteiger partial charge in [0.25, 0.3) is 0 Å². The van der Waals surface area contributed by atoms with Crippen LogP contribution in [0.2, 0.25) is 0 Å². The molecule has 2 aromatic carbocycles. The lowest BCUT2D eigenvalue weighted by Crippen LogP contribution is -2.36. The van der Waals surface area contributed by atoms with Crippen LogP contribution in [0.25, 0.3) is 0 Å². The Balaban J connectivity index is 2.02. The van der Waals surface area contributed by atoms with Crippen LogP contribution in [0.4, 0.5) is 5.69 Å². The Morgan fingerprint density at radius 3 is 2.45 bits per heavy atom. The number of aliphatic imine (C=N–C) groups is 1. The molecule has 1 unspecified atom stereocenters. The fourth-order valence-electron chi connectivity index (χ4n) is 3.53. The van der Waals surface area contributed by atoms with E-state index in [0.717, 1.165) is 28.6 Å². The maximum atomic E-state index is 13.4. The first-order chi connectivity index (χ1) is 15.0. The minimum Gasteiger partial charge on any atom is -0.468 e. The Morgan fingerprint density at radius 1 is 1.13 bits per heavy atom. The number of rotatable bonds is 6. The van der Waals surface area contributed by atoms with Crippen LogP contribution in [0.15, 0.2) is 70.2 Å². The Morgan fingerprint density at radius 2 is 1.81 bits per heavy atom. The molecule has 2 aromatic rings. The number of hydrogen-bond acceptors (Lipinski definition) is 6. The number of ether oxygens (including phenoxy) is 1. The number of nitriles is 1. The van der Waals surface area contributed by atoms with Gasteiger partial charge in [-0.3, -0.25) is 9.59 Å². The minimum atomic E-state index is -0.654. The molecule has 31 heavy (non-hydrogen) atoms. The summed E-state index contributed by atoms with van der Waals surface area (Å²) in [6.45, 7) is 3.71. The van der Waals surface area contributed by atoms with Crippen molar-refractivity contribution < 1.29 is 14.3 Å². The Bertz CT molecular complexity index is 1090. The molecular weight excluding hydrogens is 410 g/mol. The second-order valence-corrected chi connectivity index (χ2v) is 8.08. The van der Waals surface area contributed by atoms with E-state index in [4.69, 9.17) is 4.74 Å². The summed E-state index contributed by atoms with van der Waals surface area (Å²) >= 11 is 1.15. The van der Waals surface area contributed by atoms with E-state index in [0.29, 0.717) is 16.3 Å². The molecule has 2 atom stereocenters. The van der Waals surface area contributed by atoms with Gasteiger partial charge in [0.2, 0.25) is 5.91 Å². The highest BCUT2D eigenvalue weighted by atomic mass is 32.2. The predicted octanol–water partition coefficient (Wildman–Crippen LogP) is 4.45. The average Bonchev–Trinajstić information content (AvgIpc) is 2.78. The van der Waals surface area contributed by atoms with E-state index >= 15 is 0 Å². The molecule has 6 nitrogen and oxygen atoms in total. The summed E-state index contributed by atoms with van der Waals surface area (Å²) in [6.07, 6.45) is 0. The van der Waals surface area contributed by atoms with E-state index in [-0.39, 0.29) is 11.7 Å². The number of esters is 1. The number of aryl methyl sites for hydroxylation is 1. The number of amides is 1. The number of nitrogens with one attached hydrogen (secondary N) is 1. The van der Waals surface area contributed by atoms with E-state index in [9.17, 15) is 14.9 Å². The molecule has 1 aliphatic rings. The van der Waals surface area contributed by atoms with E-state index in [2.05, 4.69) is 16.4 Å². The smallest absolute Gasteiger partial charge is 0.316 e. The van der Waals surface area contributed by atoms with Gasteiger partial charge in [-0.15, -0.1) is 0 Å². The summed E-state index contributed by atoms with van der Waals surface area (Å²) in [6, 6.07) is 19.2. The Kier molecular flexibility index (Phi) is 7.27. The highest BCUT2D eigenvalue weighted by Crippen LogP contribution is 2.42. The molecule has 1 N–H and O–H groups in total. The fraction of sp³-hybridized carbons (Fsp3) is 0.250. The van der Waals surface area contributed by atoms with Crippen molar-refractivity contribution in [2.24, 2.45) is 10.9 Å². The number of benzene rings is 2. The first-order valence-electron chi connectivity index (χ1n) is 9.76. The quantitative estimate of drug-likeness (QED) is 0.680.